The lowest BCUT2D eigenvalue weighted by Crippen LogP contribution is -2.12. The van der Waals surface area contributed by atoms with E-state index >= 15 is 0 Å². The van der Waals surface area contributed by atoms with Crippen LogP contribution < -0.4 is 11.6 Å². The van der Waals surface area contributed by atoms with Crippen LogP contribution >= 0.6 is 0 Å². The minimum atomic E-state index is 0.112. The molecule has 0 aliphatic carbocycles. The molecule has 1 aromatic carbocycles. The minimum absolute atomic E-state index is 0.112. The van der Waals surface area contributed by atoms with Gasteiger partial charge in [-0.05, 0) is 23.1 Å². The van der Waals surface area contributed by atoms with Crippen LogP contribution in [0.2, 0.25) is 0 Å². The lowest BCUT2D eigenvalue weighted by atomic mass is 9.87. The van der Waals surface area contributed by atoms with E-state index in [0.717, 1.165) is 11.0 Å². The van der Waals surface area contributed by atoms with E-state index in [-0.39, 0.29) is 5.41 Å². The van der Waals surface area contributed by atoms with E-state index in [0.29, 0.717) is 5.95 Å². The summed E-state index contributed by atoms with van der Waals surface area (Å²) in [5.74, 6) is 6.07. The Morgan fingerprint density at radius 2 is 1.93 bits per heavy atom. The van der Waals surface area contributed by atoms with Crippen LogP contribution in [-0.2, 0) is 5.41 Å². The second-order valence-corrected chi connectivity index (χ2v) is 4.79. The number of anilines is 1. The van der Waals surface area contributed by atoms with E-state index in [1.165, 1.54) is 10.2 Å². The number of fused-ring (bicyclic) bond motifs is 1. The lowest BCUT2D eigenvalue weighted by molar-refractivity contribution is 0.591. The number of benzene rings is 1. The molecule has 15 heavy (non-hydrogen) atoms. The normalized spacial score (nSPS) is 12.2. The Hall–Kier alpha value is -1.71. The maximum Gasteiger partial charge on any atom is 0.220 e. The van der Waals surface area contributed by atoms with Crippen LogP contribution in [0.4, 0.5) is 5.95 Å². The van der Waals surface area contributed by atoms with Crippen molar-refractivity contribution >= 4 is 17.0 Å². The van der Waals surface area contributed by atoms with Crippen molar-refractivity contribution < 1.29 is 0 Å². The summed E-state index contributed by atoms with van der Waals surface area (Å²) < 4.78 is 1.40. The summed E-state index contributed by atoms with van der Waals surface area (Å²) in [7, 11) is 0. The Balaban J connectivity index is 2.67. The first-order chi connectivity index (χ1) is 6.89. The monoisotopic (exact) mass is 204 g/mol. The van der Waals surface area contributed by atoms with Gasteiger partial charge in [0.15, 0.2) is 0 Å². The Kier molecular flexibility index (Phi) is 1.89. The fraction of sp³-hybridized carbons (Fsp3) is 0.364. The summed E-state index contributed by atoms with van der Waals surface area (Å²) in [5.41, 5.74) is 8.69. The average Bonchev–Trinajstić information content (AvgIpc) is 2.41. The van der Waals surface area contributed by atoms with E-state index in [1.807, 2.05) is 12.1 Å². The number of rotatable bonds is 0. The molecule has 0 bridgehead atoms. The molecule has 0 fully saturated rings. The van der Waals surface area contributed by atoms with Crippen LogP contribution in [0.5, 0.6) is 0 Å². The van der Waals surface area contributed by atoms with Gasteiger partial charge in [0.05, 0.1) is 11.0 Å². The second kappa shape index (κ2) is 2.89. The molecule has 2 rings (SSSR count). The van der Waals surface area contributed by atoms with Gasteiger partial charge in [-0.3, -0.25) is 0 Å². The van der Waals surface area contributed by atoms with Crippen molar-refractivity contribution in [1.82, 2.24) is 9.66 Å². The molecule has 0 saturated heterocycles. The second-order valence-electron chi connectivity index (χ2n) is 4.79. The van der Waals surface area contributed by atoms with E-state index in [2.05, 4.69) is 31.8 Å². The molecule has 1 heterocycles. The van der Waals surface area contributed by atoms with Crippen LogP contribution in [-0.4, -0.2) is 9.66 Å². The number of nitrogen functional groups attached to an aromatic ring is 2. The zero-order chi connectivity index (χ0) is 11.2. The number of nitrogens with zero attached hydrogens (tertiary/aromatic N) is 2. The molecule has 0 radical (unpaired) electrons. The molecule has 0 aliphatic heterocycles. The van der Waals surface area contributed by atoms with Gasteiger partial charge in [-0.25, -0.2) is 9.66 Å². The van der Waals surface area contributed by atoms with Gasteiger partial charge in [-0.1, -0.05) is 26.8 Å². The highest BCUT2D eigenvalue weighted by Crippen LogP contribution is 2.25. The molecule has 0 amide bonds. The molecule has 2 aromatic rings. The maximum absolute atomic E-state index is 5.73. The SMILES string of the molecule is CC(C)(C)c1ccc2c(c1)nc(N)n2N. The van der Waals surface area contributed by atoms with Gasteiger partial charge in [0.25, 0.3) is 0 Å². The fourth-order valence-electron chi connectivity index (χ4n) is 1.58. The van der Waals surface area contributed by atoms with Gasteiger partial charge in [0.2, 0.25) is 5.95 Å². The Morgan fingerprint density at radius 3 is 2.53 bits per heavy atom. The molecular formula is C11H16N4. The maximum atomic E-state index is 5.73. The Labute approximate surface area is 88.9 Å². The highest BCUT2D eigenvalue weighted by Gasteiger charge is 2.15. The summed E-state index contributed by atoms with van der Waals surface area (Å²) in [6, 6.07) is 6.06. The number of hydrogen-bond acceptors (Lipinski definition) is 3. The zero-order valence-electron chi connectivity index (χ0n) is 9.28. The molecule has 0 atom stereocenters. The third kappa shape index (κ3) is 1.52. The first-order valence-corrected chi connectivity index (χ1v) is 4.93. The largest absolute Gasteiger partial charge is 0.368 e. The van der Waals surface area contributed by atoms with Gasteiger partial charge in [0.1, 0.15) is 0 Å². The molecule has 0 spiro atoms. The summed E-state index contributed by atoms with van der Waals surface area (Å²) >= 11 is 0. The van der Waals surface area contributed by atoms with Gasteiger partial charge in [-0.15, -0.1) is 0 Å². The van der Waals surface area contributed by atoms with E-state index in [9.17, 15) is 0 Å². The Bertz CT molecular complexity index is 505. The molecule has 0 saturated carbocycles. The van der Waals surface area contributed by atoms with Crippen LogP contribution in [0.15, 0.2) is 18.2 Å². The highest BCUT2D eigenvalue weighted by molar-refractivity contribution is 5.79. The number of imidazole rings is 1. The number of nitrogens with two attached hydrogens (primary N) is 2. The molecule has 4 heteroatoms. The van der Waals surface area contributed by atoms with Crippen LogP contribution in [0, 0.1) is 0 Å². The van der Waals surface area contributed by atoms with E-state index < -0.39 is 0 Å². The molecule has 80 valence electrons. The quantitative estimate of drug-likeness (QED) is 0.641. The van der Waals surface area contributed by atoms with Crippen molar-refractivity contribution in [3.63, 3.8) is 0 Å². The van der Waals surface area contributed by atoms with Gasteiger partial charge in [0, 0.05) is 0 Å². The van der Waals surface area contributed by atoms with Crippen molar-refractivity contribution in [3.8, 4) is 0 Å². The minimum Gasteiger partial charge on any atom is -0.368 e. The zero-order valence-corrected chi connectivity index (χ0v) is 9.28. The molecule has 4 N–H and O–H groups in total. The molecule has 0 unspecified atom stereocenters. The molecular weight excluding hydrogens is 188 g/mol. The lowest BCUT2D eigenvalue weighted by Gasteiger charge is -2.18. The van der Waals surface area contributed by atoms with Crippen molar-refractivity contribution in [3.05, 3.63) is 23.8 Å². The number of aromatic nitrogens is 2. The fourth-order valence-corrected chi connectivity index (χ4v) is 1.58. The third-order valence-electron chi connectivity index (χ3n) is 2.58. The Morgan fingerprint density at radius 1 is 1.27 bits per heavy atom. The topological polar surface area (TPSA) is 69.9 Å². The molecule has 4 nitrogen and oxygen atoms in total. The summed E-state index contributed by atoms with van der Waals surface area (Å²) in [6.07, 6.45) is 0. The molecule has 1 aromatic heterocycles. The van der Waals surface area contributed by atoms with Crippen molar-refractivity contribution in [1.29, 1.82) is 0 Å². The summed E-state index contributed by atoms with van der Waals surface area (Å²) in [4.78, 5) is 4.20. The standard InChI is InChI=1S/C11H16N4/c1-11(2,3)7-4-5-9-8(6-7)14-10(12)15(9)13/h4-6H,13H2,1-3H3,(H2,12,14). The third-order valence-corrected chi connectivity index (χ3v) is 2.58. The first kappa shape index (κ1) is 9.83. The van der Waals surface area contributed by atoms with Crippen LogP contribution in [0.1, 0.15) is 26.3 Å². The summed E-state index contributed by atoms with van der Waals surface area (Å²) in [5, 5.41) is 0. The number of hydrogen-bond donors (Lipinski definition) is 2. The highest BCUT2D eigenvalue weighted by atomic mass is 15.4. The van der Waals surface area contributed by atoms with Crippen LogP contribution in [0.25, 0.3) is 11.0 Å². The predicted molar refractivity (Wildman–Crippen MR) is 63.0 cm³/mol. The van der Waals surface area contributed by atoms with Gasteiger partial charge < -0.3 is 11.6 Å². The van der Waals surface area contributed by atoms with E-state index in [1.54, 1.807) is 0 Å². The smallest absolute Gasteiger partial charge is 0.220 e. The molecule has 0 aliphatic rings. The van der Waals surface area contributed by atoms with Crippen molar-refractivity contribution in [2.75, 3.05) is 11.6 Å². The van der Waals surface area contributed by atoms with Crippen molar-refractivity contribution in [2.24, 2.45) is 0 Å². The van der Waals surface area contributed by atoms with Crippen LogP contribution in [0.3, 0.4) is 0 Å². The van der Waals surface area contributed by atoms with Crippen molar-refractivity contribution in [2.45, 2.75) is 26.2 Å². The van der Waals surface area contributed by atoms with Gasteiger partial charge in [-0.2, -0.15) is 0 Å². The predicted octanol–water partition coefficient (Wildman–Crippen LogP) is 1.63. The first-order valence-electron chi connectivity index (χ1n) is 4.93. The summed E-state index contributed by atoms with van der Waals surface area (Å²) in [6.45, 7) is 6.49. The van der Waals surface area contributed by atoms with Gasteiger partial charge >= 0.3 is 0 Å². The average molecular weight is 204 g/mol. The van der Waals surface area contributed by atoms with E-state index in [4.69, 9.17) is 11.6 Å².